The fraction of sp³-hybridized carbons (Fsp3) is 0.500. The van der Waals surface area contributed by atoms with Crippen LogP contribution in [0.1, 0.15) is 19.3 Å². The quantitative estimate of drug-likeness (QED) is 0.796. The highest BCUT2D eigenvalue weighted by Crippen LogP contribution is 2.35. The molecule has 2 heterocycles. The summed E-state index contributed by atoms with van der Waals surface area (Å²) in [5.74, 6) is -0.657. The van der Waals surface area contributed by atoms with E-state index in [-0.39, 0.29) is 24.2 Å². The molecule has 2 fully saturated rings. The second kappa shape index (κ2) is 5.76. The lowest BCUT2D eigenvalue weighted by atomic mass is 10.1. The van der Waals surface area contributed by atoms with Crippen LogP contribution in [0, 0.1) is 5.92 Å². The van der Waals surface area contributed by atoms with E-state index in [0.717, 1.165) is 24.5 Å². The van der Waals surface area contributed by atoms with Gasteiger partial charge in [-0.1, -0.05) is 12.1 Å². The Labute approximate surface area is 124 Å². The van der Waals surface area contributed by atoms with Crippen molar-refractivity contribution in [3.63, 3.8) is 0 Å². The topological polar surface area (TPSA) is 49.9 Å². The van der Waals surface area contributed by atoms with Gasteiger partial charge >= 0.3 is 5.97 Å². The molecule has 2 saturated heterocycles. The summed E-state index contributed by atoms with van der Waals surface area (Å²) in [7, 11) is 1.37. The maximum Gasteiger partial charge on any atom is 0.311 e. The van der Waals surface area contributed by atoms with E-state index in [4.69, 9.17) is 4.74 Å². The van der Waals surface area contributed by atoms with E-state index in [1.807, 2.05) is 18.2 Å². The van der Waals surface area contributed by atoms with Gasteiger partial charge in [-0.15, -0.1) is 0 Å². The van der Waals surface area contributed by atoms with Crippen molar-refractivity contribution in [1.29, 1.82) is 0 Å². The predicted molar refractivity (Wildman–Crippen MR) is 80.4 cm³/mol. The zero-order valence-electron chi connectivity index (χ0n) is 12.2. The molecular formula is C16H20N2O3. The number of hydrogen-bond donors (Lipinski definition) is 0. The number of para-hydroxylation sites is 2. The Bertz CT molecular complexity index is 552. The number of nitrogens with zero attached hydrogens (tertiary/aromatic N) is 2. The molecule has 0 aliphatic carbocycles. The smallest absolute Gasteiger partial charge is 0.311 e. The third kappa shape index (κ3) is 2.60. The molecule has 2 aliphatic heterocycles. The molecule has 5 heteroatoms. The van der Waals surface area contributed by atoms with Crippen molar-refractivity contribution in [3.05, 3.63) is 24.3 Å². The standard InChI is InChI=1S/C16H20N2O3/c1-21-16(20)12-10-15(19)18(11-12)14-7-3-2-6-13(14)17-8-4-5-9-17/h2-3,6-7,12H,4-5,8-11H2,1H3/t12-/m1/s1. The van der Waals surface area contributed by atoms with Crippen molar-refractivity contribution in [2.75, 3.05) is 36.5 Å². The van der Waals surface area contributed by atoms with Gasteiger partial charge in [-0.25, -0.2) is 0 Å². The zero-order valence-corrected chi connectivity index (χ0v) is 12.2. The normalized spacial score (nSPS) is 22.0. The third-order valence-corrected chi connectivity index (χ3v) is 4.28. The summed E-state index contributed by atoms with van der Waals surface area (Å²) in [6, 6.07) is 7.95. The van der Waals surface area contributed by atoms with E-state index in [1.54, 1.807) is 4.90 Å². The van der Waals surface area contributed by atoms with Gasteiger partial charge in [0, 0.05) is 26.1 Å². The van der Waals surface area contributed by atoms with Gasteiger partial charge in [0.25, 0.3) is 0 Å². The molecule has 1 aromatic rings. The van der Waals surface area contributed by atoms with Gasteiger partial charge in [0.05, 0.1) is 24.4 Å². The average molecular weight is 288 g/mol. The van der Waals surface area contributed by atoms with Crippen molar-refractivity contribution in [2.45, 2.75) is 19.3 Å². The summed E-state index contributed by atoms with van der Waals surface area (Å²) < 4.78 is 4.77. The monoisotopic (exact) mass is 288 g/mol. The van der Waals surface area contributed by atoms with Gasteiger partial charge < -0.3 is 14.5 Å². The largest absolute Gasteiger partial charge is 0.469 e. The SMILES string of the molecule is COC(=O)[C@@H]1CC(=O)N(c2ccccc2N2CCCC2)C1. The highest BCUT2D eigenvalue weighted by Gasteiger charge is 2.37. The van der Waals surface area contributed by atoms with Crippen LogP contribution in [0.4, 0.5) is 11.4 Å². The van der Waals surface area contributed by atoms with Crippen molar-refractivity contribution in [1.82, 2.24) is 0 Å². The molecular weight excluding hydrogens is 268 g/mol. The van der Waals surface area contributed by atoms with Crippen LogP contribution in [0.15, 0.2) is 24.3 Å². The summed E-state index contributed by atoms with van der Waals surface area (Å²) in [4.78, 5) is 28.0. The Morgan fingerprint density at radius 2 is 1.86 bits per heavy atom. The minimum absolute atomic E-state index is 0.00273. The van der Waals surface area contributed by atoms with Crippen LogP contribution in [0.3, 0.4) is 0 Å². The number of carbonyl (C=O) groups excluding carboxylic acids is 2. The highest BCUT2D eigenvalue weighted by atomic mass is 16.5. The number of rotatable bonds is 3. The lowest BCUT2D eigenvalue weighted by molar-refractivity contribution is -0.145. The number of benzene rings is 1. The number of ether oxygens (including phenoxy) is 1. The molecule has 0 spiro atoms. The van der Waals surface area contributed by atoms with Crippen LogP contribution in [-0.4, -0.2) is 38.6 Å². The minimum atomic E-state index is -0.353. The molecule has 0 radical (unpaired) electrons. The van der Waals surface area contributed by atoms with Gasteiger partial charge in [0.15, 0.2) is 0 Å². The Kier molecular flexibility index (Phi) is 3.82. The first kappa shape index (κ1) is 13.9. The Balaban J connectivity index is 1.87. The fourth-order valence-corrected chi connectivity index (χ4v) is 3.18. The third-order valence-electron chi connectivity index (χ3n) is 4.28. The van der Waals surface area contributed by atoms with E-state index in [2.05, 4.69) is 11.0 Å². The van der Waals surface area contributed by atoms with Gasteiger partial charge in [-0.3, -0.25) is 9.59 Å². The van der Waals surface area contributed by atoms with Crippen LogP contribution < -0.4 is 9.80 Å². The van der Waals surface area contributed by atoms with E-state index >= 15 is 0 Å². The predicted octanol–water partition coefficient (Wildman–Crippen LogP) is 1.81. The first-order valence-corrected chi connectivity index (χ1v) is 7.43. The van der Waals surface area contributed by atoms with Crippen molar-refractivity contribution >= 4 is 23.3 Å². The summed E-state index contributed by atoms with van der Waals surface area (Å²) in [5, 5.41) is 0. The summed E-state index contributed by atoms with van der Waals surface area (Å²) in [5.41, 5.74) is 2.00. The Morgan fingerprint density at radius 1 is 1.19 bits per heavy atom. The Morgan fingerprint density at radius 3 is 2.52 bits per heavy atom. The maximum absolute atomic E-state index is 12.3. The Hall–Kier alpha value is -2.04. The minimum Gasteiger partial charge on any atom is -0.469 e. The number of esters is 1. The molecule has 112 valence electrons. The molecule has 1 aromatic carbocycles. The molecule has 1 amide bonds. The number of amides is 1. The van der Waals surface area contributed by atoms with Crippen LogP contribution in [0.25, 0.3) is 0 Å². The summed E-state index contributed by atoms with van der Waals surface area (Å²) >= 11 is 0. The van der Waals surface area contributed by atoms with Gasteiger partial charge in [0.2, 0.25) is 5.91 Å². The van der Waals surface area contributed by atoms with Crippen LogP contribution in [-0.2, 0) is 14.3 Å². The fourth-order valence-electron chi connectivity index (χ4n) is 3.18. The number of carbonyl (C=O) groups is 2. The first-order chi connectivity index (χ1) is 10.2. The molecule has 1 atom stereocenters. The van der Waals surface area contributed by atoms with Gasteiger partial charge in [-0.2, -0.15) is 0 Å². The highest BCUT2D eigenvalue weighted by molar-refractivity contribution is 6.01. The zero-order chi connectivity index (χ0) is 14.8. The van der Waals surface area contributed by atoms with E-state index in [9.17, 15) is 9.59 Å². The van der Waals surface area contributed by atoms with Gasteiger partial charge in [0.1, 0.15) is 0 Å². The van der Waals surface area contributed by atoms with Crippen LogP contribution in [0.2, 0.25) is 0 Å². The number of methoxy groups -OCH3 is 1. The first-order valence-electron chi connectivity index (χ1n) is 7.43. The second-order valence-corrected chi connectivity index (χ2v) is 5.61. The van der Waals surface area contributed by atoms with Crippen LogP contribution >= 0.6 is 0 Å². The maximum atomic E-state index is 12.3. The van der Waals surface area contributed by atoms with E-state index in [1.165, 1.54) is 20.0 Å². The molecule has 0 bridgehead atoms. The van der Waals surface area contributed by atoms with Crippen molar-refractivity contribution in [3.8, 4) is 0 Å². The summed E-state index contributed by atoms with van der Waals surface area (Å²) in [6.45, 7) is 2.47. The molecule has 3 rings (SSSR count). The molecule has 0 N–H and O–H groups in total. The van der Waals surface area contributed by atoms with Crippen molar-refractivity contribution in [2.24, 2.45) is 5.92 Å². The van der Waals surface area contributed by atoms with Crippen LogP contribution in [0.5, 0.6) is 0 Å². The van der Waals surface area contributed by atoms with Crippen molar-refractivity contribution < 1.29 is 14.3 Å². The summed E-state index contributed by atoms with van der Waals surface area (Å²) in [6.07, 6.45) is 2.61. The molecule has 5 nitrogen and oxygen atoms in total. The van der Waals surface area contributed by atoms with Gasteiger partial charge in [-0.05, 0) is 25.0 Å². The number of hydrogen-bond acceptors (Lipinski definition) is 4. The van der Waals surface area contributed by atoms with E-state index in [0.29, 0.717) is 6.54 Å². The lowest BCUT2D eigenvalue weighted by Gasteiger charge is -2.26. The molecule has 0 aromatic heterocycles. The molecule has 0 saturated carbocycles. The molecule has 0 unspecified atom stereocenters. The second-order valence-electron chi connectivity index (χ2n) is 5.61. The lowest BCUT2D eigenvalue weighted by Crippen LogP contribution is -2.29. The van der Waals surface area contributed by atoms with E-state index < -0.39 is 0 Å². The average Bonchev–Trinajstić information content (AvgIpc) is 3.16. The molecule has 21 heavy (non-hydrogen) atoms. The molecule has 2 aliphatic rings. The number of anilines is 2.